The third kappa shape index (κ3) is 6.33. The van der Waals surface area contributed by atoms with Crippen molar-refractivity contribution in [3.8, 4) is 11.5 Å². The number of benzene rings is 2. The zero-order chi connectivity index (χ0) is 18.2. The van der Waals surface area contributed by atoms with Gasteiger partial charge in [0.15, 0.2) is 5.52 Å². The number of aryl methyl sites for hydroxylation is 1. The molecule has 26 heavy (non-hydrogen) atoms. The second-order valence-electron chi connectivity index (χ2n) is 5.80. The number of unbranched alkanes of at least 4 members (excludes halogenated alkanes) is 2. The van der Waals surface area contributed by atoms with E-state index in [4.69, 9.17) is 21.1 Å². The van der Waals surface area contributed by atoms with Crippen LogP contribution in [-0.2, 0) is 0 Å². The molecule has 0 aliphatic rings. The first-order chi connectivity index (χ1) is 12.1. The topological polar surface area (TPSA) is 35.5 Å². The molecule has 0 heterocycles. The Bertz CT molecular complexity index is 737. The molecule has 136 valence electrons. The van der Waals surface area contributed by atoms with Crippen LogP contribution in [0.25, 0.3) is 0 Å². The molecule has 6 heteroatoms. The Morgan fingerprint density at radius 3 is 2.62 bits per heavy atom. The van der Waals surface area contributed by atoms with Crippen molar-refractivity contribution in [2.75, 3.05) is 13.7 Å². The first-order valence-electron chi connectivity index (χ1n) is 8.44. The van der Waals surface area contributed by atoms with Crippen LogP contribution in [0.15, 0.2) is 36.4 Å². The van der Waals surface area contributed by atoms with E-state index in [1.807, 2.05) is 25.1 Å². The van der Waals surface area contributed by atoms with Gasteiger partial charge in [0.2, 0.25) is 0 Å². The van der Waals surface area contributed by atoms with Gasteiger partial charge in [0.1, 0.15) is 11.5 Å². The number of hydrogen-bond acceptors (Lipinski definition) is 3. The van der Waals surface area contributed by atoms with Gasteiger partial charge >= 0.3 is 18.9 Å². The summed E-state index contributed by atoms with van der Waals surface area (Å²) < 4.78 is 11.0. The van der Waals surface area contributed by atoms with Crippen LogP contribution in [0.5, 0.6) is 11.5 Å². The van der Waals surface area contributed by atoms with Crippen LogP contribution in [0, 0.1) is 6.92 Å². The molecule has 0 spiro atoms. The third-order valence-corrected chi connectivity index (χ3v) is 5.51. The standard InChI is InChI=1S/C20H24ClO3P.Li.H/c1-4-5-6-12-24-15-10-11-18(14(2)13-15)25-20(22)19-16(21)8-7-9-17(19)23-3;;/h7-11,13,25H,4-6,12H2,1-3H3;;. The fourth-order valence-electron chi connectivity index (χ4n) is 2.49. The first-order valence-corrected chi connectivity index (χ1v) is 9.82. The molecule has 2 rings (SSSR count). The summed E-state index contributed by atoms with van der Waals surface area (Å²) in [4.78, 5) is 12.7. The van der Waals surface area contributed by atoms with Gasteiger partial charge in [-0.2, -0.15) is 0 Å². The van der Waals surface area contributed by atoms with Crippen molar-refractivity contribution in [3.05, 3.63) is 52.5 Å². The van der Waals surface area contributed by atoms with E-state index >= 15 is 0 Å². The average molecular weight is 387 g/mol. The van der Waals surface area contributed by atoms with Crippen LogP contribution in [0.4, 0.5) is 0 Å². The van der Waals surface area contributed by atoms with Gasteiger partial charge in [-0.3, -0.25) is 4.79 Å². The van der Waals surface area contributed by atoms with Crippen molar-refractivity contribution in [2.45, 2.75) is 33.1 Å². The minimum atomic E-state index is -0.0258. The van der Waals surface area contributed by atoms with Gasteiger partial charge in [0.05, 0.1) is 24.3 Å². The number of halogens is 1. The summed E-state index contributed by atoms with van der Waals surface area (Å²) in [6.07, 6.45) is 3.41. The molecule has 3 nitrogen and oxygen atoms in total. The third-order valence-electron chi connectivity index (χ3n) is 3.89. The van der Waals surface area contributed by atoms with E-state index in [2.05, 4.69) is 6.92 Å². The molecule has 1 atom stereocenters. The van der Waals surface area contributed by atoms with Crippen molar-refractivity contribution in [3.63, 3.8) is 0 Å². The summed E-state index contributed by atoms with van der Waals surface area (Å²) in [6.45, 7) is 4.90. The first kappa shape index (κ1) is 23.1. The Labute approximate surface area is 174 Å². The molecular weight excluding hydrogens is 362 g/mol. The molecule has 0 saturated carbocycles. The molecule has 0 radical (unpaired) electrons. The van der Waals surface area contributed by atoms with Gasteiger partial charge in [0.25, 0.3) is 0 Å². The van der Waals surface area contributed by atoms with Crippen molar-refractivity contribution in [1.82, 2.24) is 0 Å². The van der Waals surface area contributed by atoms with E-state index in [1.165, 1.54) is 12.8 Å². The Balaban J connectivity index is 0.00000338. The van der Waals surface area contributed by atoms with E-state index in [-0.39, 0.29) is 33.0 Å². The summed E-state index contributed by atoms with van der Waals surface area (Å²) in [7, 11) is 1.53. The number of methoxy groups -OCH3 is 1. The second-order valence-corrected chi connectivity index (χ2v) is 7.45. The summed E-state index contributed by atoms with van der Waals surface area (Å²) in [5.41, 5.74) is 1.47. The Kier molecular flexibility index (Phi) is 10.4. The van der Waals surface area contributed by atoms with Gasteiger partial charge in [-0.1, -0.05) is 43.5 Å². The van der Waals surface area contributed by atoms with Gasteiger partial charge < -0.3 is 9.47 Å². The van der Waals surface area contributed by atoms with Crippen LogP contribution in [-0.4, -0.2) is 38.1 Å². The van der Waals surface area contributed by atoms with Gasteiger partial charge in [-0.15, -0.1) is 0 Å². The molecule has 0 aromatic heterocycles. The fraction of sp³-hybridized carbons (Fsp3) is 0.350. The number of rotatable bonds is 9. The van der Waals surface area contributed by atoms with Gasteiger partial charge in [0, 0.05) is 0 Å². The summed E-state index contributed by atoms with van der Waals surface area (Å²) in [5, 5.41) is 1.42. The SMILES string of the molecule is CCCCCOc1ccc(PC(=O)c2c(Cl)cccc2OC)c(C)c1.[LiH]. The van der Waals surface area contributed by atoms with E-state index in [1.54, 1.807) is 25.3 Å². The molecule has 0 aliphatic carbocycles. The van der Waals surface area contributed by atoms with E-state index in [9.17, 15) is 4.79 Å². The Hall–Kier alpha value is -0.973. The number of hydrogen-bond donors (Lipinski definition) is 0. The number of carbonyl (C=O) groups is 1. The Morgan fingerprint density at radius 1 is 1.19 bits per heavy atom. The van der Waals surface area contributed by atoms with E-state index in [0.717, 1.165) is 29.6 Å². The van der Waals surface area contributed by atoms with Crippen molar-refractivity contribution in [2.24, 2.45) is 0 Å². The molecule has 0 saturated heterocycles. The molecule has 0 bridgehead atoms. The minimum absolute atomic E-state index is 0. The quantitative estimate of drug-likeness (QED) is 0.355. The number of ether oxygens (including phenoxy) is 2. The summed E-state index contributed by atoms with van der Waals surface area (Å²) >= 11 is 6.20. The molecule has 0 fully saturated rings. The molecule has 2 aromatic rings. The normalized spacial score (nSPS) is 10.6. The van der Waals surface area contributed by atoms with Gasteiger partial charge in [-0.25, -0.2) is 0 Å². The average Bonchev–Trinajstić information content (AvgIpc) is 2.60. The predicted octanol–water partition coefficient (Wildman–Crippen LogP) is 4.72. The molecule has 2 aromatic carbocycles. The molecule has 0 amide bonds. The van der Waals surface area contributed by atoms with Crippen LogP contribution in [0.2, 0.25) is 5.02 Å². The maximum atomic E-state index is 12.7. The maximum absolute atomic E-state index is 12.7. The molecule has 0 N–H and O–H groups in total. The number of carbonyl (C=O) groups excluding carboxylic acids is 1. The van der Waals surface area contributed by atoms with Gasteiger partial charge in [-0.05, 0) is 57.1 Å². The molecular formula is C20H25ClLiO3P. The second kappa shape index (κ2) is 11.7. The van der Waals surface area contributed by atoms with Crippen LogP contribution >= 0.6 is 20.2 Å². The van der Waals surface area contributed by atoms with Crippen LogP contribution in [0.3, 0.4) is 0 Å². The van der Waals surface area contributed by atoms with Crippen molar-refractivity contribution >= 4 is 49.9 Å². The Morgan fingerprint density at radius 2 is 1.96 bits per heavy atom. The van der Waals surface area contributed by atoms with Crippen LogP contribution in [0.1, 0.15) is 42.1 Å². The van der Waals surface area contributed by atoms with E-state index in [0.29, 0.717) is 16.3 Å². The van der Waals surface area contributed by atoms with Crippen molar-refractivity contribution < 1.29 is 14.3 Å². The monoisotopic (exact) mass is 386 g/mol. The summed E-state index contributed by atoms with van der Waals surface area (Å²) in [5.74, 6) is 1.36. The zero-order valence-corrected chi connectivity index (χ0v) is 16.7. The van der Waals surface area contributed by atoms with Crippen molar-refractivity contribution in [1.29, 1.82) is 0 Å². The zero-order valence-electron chi connectivity index (χ0n) is 14.9. The molecule has 1 unspecified atom stereocenters. The van der Waals surface area contributed by atoms with Crippen LogP contribution < -0.4 is 14.8 Å². The molecule has 0 aliphatic heterocycles. The predicted molar refractivity (Wildman–Crippen MR) is 114 cm³/mol. The summed E-state index contributed by atoms with van der Waals surface area (Å²) in [6, 6.07) is 11.1. The fourth-order valence-corrected chi connectivity index (χ4v) is 3.88. The van der Waals surface area contributed by atoms with E-state index < -0.39 is 0 Å².